The molecule has 0 aromatic heterocycles. The molecule has 0 aliphatic heterocycles. The fourth-order valence-electron chi connectivity index (χ4n) is 2.56. The molecule has 0 unspecified atom stereocenters. The van der Waals surface area contributed by atoms with Crippen LogP contribution in [-0.4, -0.2) is 17.3 Å². The van der Waals surface area contributed by atoms with Gasteiger partial charge in [-0.1, -0.05) is 0 Å². The topological polar surface area (TPSA) is 64.7 Å². The Labute approximate surface area is 109 Å². The van der Waals surface area contributed by atoms with Crippen LogP contribution in [0.1, 0.15) is 19.3 Å². The molecule has 0 aromatic rings. The van der Waals surface area contributed by atoms with Gasteiger partial charge in [0.05, 0.1) is 23.6 Å². The van der Waals surface area contributed by atoms with E-state index in [-0.39, 0.29) is 11.7 Å². The van der Waals surface area contributed by atoms with Crippen LogP contribution in [0, 0.1) is 34.5 Å². The molecule has 17 heavy (non-hydrogen) atoms. The Balaban J connectivity index is 2.20. The molecule has 2 bridgehead atoms. The van der Waals surface area contributed by atoms with E-state index in [1.807, 2.05) is 0 Å². The van der Waals surface area contributed by atoms with Crippen LogP contribution in [0.5, 0.6) is 0 Å². The summed E-state index contributed by atoms with van der Waals surface area (Å²) in [7, 11) is 0. The van der Waals surface area contributed by atoms with Crippen LogP contribution >= 0.6 is 23.5 Å². The first kappa shape index (κ1) is 12.5. The maximum absolute atomic E-state index is 12.1. The van der Waals surface area contributed by atoms with Gasteiger partial charge in [0.1, 0.15) is 0 Å². The van der Waals surface area contributed by atoms with Crippen LogP contribution in [0.25, 0.3) is 0 Å². The monoisotopic (exact) mass is 264 g/mol. The van der Waals surface area contributed by atoms with Gasteiger partial charge < -0.3 is 0 Å². The molecule has 3 nitrogen and oxygen atoms in total. The predicted molar refractivity (Wildman–Crippen MR) is 69.0 cm³/mol. The lowest BCUT2D eigenvalue weighted by Gasteiger charge is -2.16. The summed E-state index contributed by atoms with van der Waals surface area (Å²) in [5.74, 6) is 1.58. The van der Waals surface area contributed by atoms with E-state index in [4.69, 9.17) is 10.5 Å². The first-order chi connectivity index (χ1) is 8.27. The van der Waals surface area contributed by atoms with Crippen LogP contribution in [0.3, 0.4) is 0 Å². The summed E-state index contributed by atoms with van der Waals surface area (Å²) in [5, 5.41) is 17.3. The summed E-state index contributed by atoms with van der Waals surface area (Å²) in [6.45, 7) is 0. The third kappa shape index (κ3) is 2.51. The Morgan fingerprint density at radius 2 is 1.76 bits per heavy atom. The summed E-state index contributed by atoms with van der Waals surface area (Å²) in [6.07, 6.45) is 3.10. The third-order valence-electron chi connectivity index (χ3n) is 3.23. The van der Waals surface area contributed by atoms with Gasteiger partial charge in [0.15, 0.2) is 5.78 Å². The average Bonchev–Trinajstić information content (AvgIpc) is 2.91. The van der Waals surface area contributed by atoms with Crippen molar-refractivity contribution >= 4 is 29.3 Å². The molecule has 88 valence electrons. The van der Waals surface area contributed by atoms with E-state index in [1.165, 1.54) is 23.5 Å². The van der Waals surface area contributed by atoms with Gasteiger partial charge in [0.25, 0.3) is 0 Å². The number of hydrogen-bond donors (Lipinski definition) is 0. The maximum Gasteiger partial charge on any atom is 0.163 e. The van der Waals surface area contributed by atoms with Gasteiger partial charge in [0.2, 0.25) is 0 Å². The van der Waals surface area contributed by atoms with Crippen molar-refractivity contribution in [3.05, 3.63) is 9.81 Å². The Morgan fingerprint density at radius 1 is 1.18 bits per heavy atom. The zero-order valence-corrected chi connectivity index (χ0v) is 10.9. The largest absolute Gasteiger partial charge is 0.294 e. The van der Waals surface area contributed by atoms with Gasteiger partial charge in [-0.05, 0) is 25.2 Å². The van der Waals surface area contributed by atoms with Gasteiger partial charge in [-0.25, -0.2) is 0 Å². The Morgan fingerprint density at radius 3 is 2.24 bits per heavy atom. The first-order valence-corrected chi connectivity index (χ1v) is 7.53. The fourth-order valence-corrected chi connectivity index (χ4v) is 4.49. The normalized spacial score (nSPS) is 25.8. The van der Waals surface area contributed by atoms with E-state index in [1.54, 1.807) is 0 Å². The zero-order valence-electron chi connectivity index (χ0n) is 9.31. The lowest BCUT2D eigenvalue weighted by atomic mass is 9.95. The molecule has 0 amide bonds. The van der Waals surface area contributed by atoms with E-state index in [9.17, 15) is 4.79 Å². The molecule has 0 aromatic carbocycles. The number of carbonyl (C=O) groups is 1. The van der Waals surface area contributed by atoms with Crippen LogP contribution in [0.15, 0.2) is 9.81 Å². The van der Waals surface area contributed by atoms with Crippen molar-refractivity contribution in [1.29, 1.82) is 10.5 Å². The molecular formula is C12H12N2OS2. The summed E-state index contributed by atoms with van der Waals surface area (Å²) in [6, 6.07) is 4.16. The highest BCUT2D eigenvalue weighted by atomic mass is 32.2. The molecular weight excluding hydrogens is 252 g/mol. The lowest BCUT2D eigenvalue weighted by molar-refractivity contribution is -0.118. The molecule has 2 rings (SSSR count). The highest BCUT2D eigenvalue weighted by molar-refractivity contribution is 8.22. The summed E-state index contributed by atoms with van der Waals surface area (Å²) in [4.78, 5) is 12.1. The van der Waals surface area contributed by atoms with Crippen molar-refractivity contribution in [2.45, 2.75) is 19.3 Å². The van der Waals surface area contributed by atoms with Crippen molar-refractivity contribution in [1.82, 2.24) is 0 Å². The molecule has 0 heterocycles. The Bertz CT molecular complexity index is 424. The minimum absolute atomic E-state index is 0.218. The molecule has 2 aliphatic rings. The lowest BCUT2D eigenvalue weighted by Crippen LogP contribution is -2.13. The van der Waals surface area contributed by atoms with Crippen molar-refractivity contribution in [3.8, 4) is 12.1 Å². The number of rotatable bonds is 4. The van der Waals surface area contributed by atoms with Gasteiger partial charge in [0, 0.05) is 15.7 Å². The summed E-state index contributed by atoms with van der Waals surface area (Å²) in [5.41, 5.74) is 0.918. The minimum Gasteiger partial charge on any atom is -0.294 e. The Kier molecular flexibility index (Phi) is 4.15. The summed E-state index contributed by atoms with van der Waals surface area (Å²) >= 11 is 2.82. The van der Waals surface area contributed by atoms with Crippen LogP contribution in [-0.2, 0) is 4.79 Å². The quantitative estimate of drug-likeness (QED) is 0.730. The van der Waals surface area contributed by atoms with Crippen molar-refractivity contribution in [3.63, 3.8) is 0 Å². The molecule has 5 heteroatoms. The van der Waals surface area contributed by atoms with Gasteiger partial charge in [-0.15, -0.1) is 23.5 Å². The number of hydrogen-bond acceptors (Lipinski definition) is 5. The maximum atomic E-state index is 12.1. The number of carbonyl (C=O) groups excluding carboxylic acids is 1. The molecule has 0 N–H and O–H groups in total. The second kappa shape index (κ2) is 5.62. The third-order valence-corrected chi connectivity index (χ3v) is 5.45. The molecule has 2 aliphatic carbocycles. The average molecular weight is 264 g/mol. The van der Waals surface area contributed by atoms with E-state index >= 15 is 0 Å². The number of ketones is 1. The molecule has 2 atom stereocenters. The fraction of sp³-hybridized carbons (Fsp3) is 0.583. The van der Waals surface area contributed by atoms with E-state index < -0.39 is 0 Å². The first-order valence-electron chi connectivity index (χ1n) is 5.55. The standard InChI is InChI=1S/C12H12N2OS2/c13-3-5-16-12(17-6-4-14)10-8-1-2-9(7-8)11(10)15/h8-9H,1-2,5-7H2/t8-,9+/m0/s1. The van der Waals surface area contributed by atoms with Gasteiger partial charge in [-0.2, -0.15) is 10.5 Å². The SMILES string of the molecule is N#CCSC(SCC#N)=C1C(=O)[C@@H]2CC[C@H]1C2. The predicted octanol–water partition coefficient (Wildman–Crippen LogP) is 2.71. The molecule has 2 saturated carbocycles. The van der Waals surface area contributed by atoms with Crippen LogP contribution in [0.4, 0.5) is 0 Å². The number of thioether (sulfide) groups is 2. The highest BCUT2D eigenvalue weighted by Gasteiger charge is 2.44. The molecule has 2 fully saturated rings. The van der Waals surface area contributed by atoms with Gasteiger partial charge >= 0.3 is 0 Å². The number of Topliss-reactive ketones (excluding diaryl/α,β-unsaturated/α-hetero) is 1. The molecule has 0 saturated heterocycles. The number of nitrogens with zero attached hydrogens (tertiary/aromatic N) is 2. The van der Waals surface area contributed by atoms with Crippen molar-refractivity contribution in [2.75, 3.05) is 11.5 Å². The molecule has 0 spiro atoms. The van der Waals surface area contributed by atoms with E-state index in [0.29, 0.717) is 17.4 Å². The highest BCUT2D eigenvalue weighted by Crippen LogP contribution is 2.50. The van der Waals surface area contributed by atoms with Crippen LogP contribution < -0.4 is 0 Å². The van der Waals surface area contributed by atoms with Gasteiger partial charge in [-0.3, -0.25) is 4.79 Å². The van der Waals surface area contributed by atoms with Crippen molar-refractivity contribution < 1.29 is 4.79 Å². The zero-order chi connectivity index (χ0) is 12.3. The summed E-state index contributed by atoms with van der Waals surface area (Å²) < 4.78 is 0.922. The number of nitriles is 2. The number of allylic oxidation sites excluding steroid dienone is 1. The minimum atomic E-state index is 0.218. The Hall–Kier alpha value is -0.910. The van der Waals surface area contributed by atoms with Crippen molar-refractivity contribution in [2.24, 2.45) is 11.8 Å². The molecule has 0 radical (unpaired) electrons. The van der Waals surface area contributed by atoms with E-state index in [2.05, 4.69) is 12.1 Å². The van der Waals surface area contributed by atoms with Crippen LogP contribution in [0.2, 0.25) is 0 Å². The van der Waals surface area contributed by atoms with E-state index in [0.717, 1.165) is 29.1 Å². The number of fused-ring (bicyclic) bond motifs is 2. The second-order valence-corrected chi connectivity index (χ2v) is 6.40. The second-order valence-electron chi connectivity index (χ2n) is 4.17. The smallest absolute Gasteiger partial charge is 0.163 e.